The van der Waals surface area contributed by atoms with Crippen molar-refractivity contribution in [3.63, 3.8) is 0 Å². The molecule has 2 N–H and O–H groups in total. The van der Waals surface area contributed by atoms with E-state index in [0.29, 0.717) is 0 Å². The van der Waals surface area contributed by atoms with Crippen LogP contribution >= 0.6 is 0 Å². The van der Waals surface area contributed by atoms with E-state index in [1.54, 1.807) is 0 Å². The number of hydrogen-bond donors (Lipinski definition) is 1. The van der Waals surface area contributed by atoms with Crippen LogP contribution in [0.25, 0.3) is 10.9 Å². The van der Waals surface area contributed by atoms with Crippen LogP contribution in [0.3, 0.4) is 0 Å². The van der Waals surface area contributed by atoms with Crippen molar-refractivity contribution < 1.29 is 0 Å². The molecule has 1 aromatic heterocycles. The highest BCUT2D eigenvalue weighted by molar-refractivity contribution is 5.91. The molecule has 0 saturated carbocycles. The molecule has 0 atom stereocenters. The molecule has 17 heavy (non-hydrogen) atoms. The summed E-state index contributed by atoms with van der Waals surface area (Å²) in [6.07, 6.45) is 1.01. The summed E-state index contributed by atoms with van der Waals surface area (Å²) in [6.45, 7) is 8.71. The Balaban J connectivity index is 2.81. The van der Waals surface area contributed by atoms with Crippen LogP contribution in [0.2, 0.25) is 0 Å². The molecule has 0 amide bonds. The summed E-state index contributed by atoms with van der Waals surface area (Å²) in [5, 5.41) is 1.18. The Morgan fingerprint density at radius 1 is 1.24 bits per heavy atom. The predicted octanol–water partition coefficient (Wildman–Crippen LogP) is 3.68. The summed E-state index contributed by atoms with van der Waals surface area (Å²) in [5.41, 5.74) is 10.2. The molecule has 0 saturated heterocycles. The number of anilines is 1. The Hall–Kier alpha value is -1.57. The van der Waals surface area contributed by atoms with Gasteiger partial charge in [0.15, 0.2) is 0 Å². The largest absolute Gasteiger partial charge is 0.397 e. The van der Waals surface area contributed by atoms with Gasteiger partial charge in [0.05, 0.1) is 11.2 Å². The van der Waals surface area contributed by atoms with Crippen LogP contribution in [0.4, 0.5) is 5.69 Å². The molecule has 2 heteroatoms. The standard InChI is InChI=1S/C15H20N2/c1-5-10-9-13(15(2,3)4)17-14-11(10)7-6-8-12(14)16/h6-9H,5,16H2,1-4H3. The fourth-order valence-corrected chi connectivity index (χ4v) is 2.02. The third-order valence-corrected chi connectivity index (χ3v) is 3.11. The Kier molecular flexibility index (Phi) is 2.82. The van der Waals surface area contributed by atoms with Gasteiger partial charge < -0.3 is 5.73 Å². The van der Waals surface area contributed by atoms with Gasteiger partial charge in [-0.3, -0.25) is 4.98 Å². The second kappa shape index (κ2) is 4.02. The first kappa shape index (κ1) is 11.9. The van der Waals surface area contributed by atoms with Crippen molar-refractivity contribution in [2.75, 3.05) is 5.73 Å². The van der Waals surface area contributed by atoms with Gasteiger partial charge in [-0.15, -0.1) is 0 Å². The van der Waals surface area contributed by atoms with Crippen LogP contribution in [-0.2, 0) is 11.8 Å². The van der Waals surface area contributed by atoms with E-state index in [9.17, 15) is 0 Å². The number of aryl methyl sites for hydroxylation is 1. The van der Waals surface area contributed by atoms with Crippen LogP contribution < -0.4 is 5.73 Å². The van der Waals surface area contributed by atoms with E-state index in [1.165, 1.54) is 10.9 Å². The van der Waals surface area contributed by atoms with Crippen molar-refractivity contribution in [2.24, 2.45) is 0 Å². The molecular formula is C15H20N2. The zero-order valence-corrected chi connectivity index (χ0v) is 11.0. The van der Waals surface area contributed by atoms with Crippen molar-refractivity contribution in [1.82, 2.24) is 4.98 Å². The van der Waals surface area contributed by atoms with E-state index in [1.807, 2.05) is 12.1 Å². The fraction of sp³-hybridized carbons (Fsp3) is 0.400. The van der Waals surface area contributed by atoms with Gasteiger partial charge in [-0.25, -0.2) is 0 Å². The molecule has 2 aromatic rings. The maximum atomic E-state index is 6.03. The van der Waals surface area contributed by atoms with Crippen LogP contribution in [0.1, 0.15) is 39.0 Å². The van der Waals surface area contributed by atoms with Crippen molar-refractivity contribution in [3.8, 4) is 0 Å². The number of benzene rings is 1. The van der Waals surface area contributed by atoms with E-state index in [4.69, 9.17) is 10.7 Å². The molecule has 2 rings (SSSR count). The lowest BCUT2D eigenvalue weighted by atomic mass is 9.89. The van der Waals surface area contributed by atoms with E-state index in [0.717, 1.165) is 23.3 Å². The monoisotopic (exact) mass is 228 g/mol. The summed E-state index contributed by atoms with van der Waals surface area (Å²) in [4.78, 5) is 4.73. The lowest BCUT2D eigenvalue weighted by Crippen LogP contribution is -2.14. The van der Waals surface area contributed by atoms with Crippen LogP contribution in [0.15, 0.2) is 24.3 Å². The zero-order chi connectivity index (χ0) is 12.6. The number of rotatable bonds is 1. The highest BCUT2D eigenvalue weighted by Gasteiger charge is 2.18. The number of pyridine rings is 1. The van der Waals surface area contributed by atoms with Gasteiger partial charge in [0.1, 0.15) is 0 Å². The molecule has 1 heterocycles. The van der Waals surface area contributed by atoms with Crippen molar-refractivity contribution >= 4 is 16.6 Å². The van der Waals surface area contributed by atoms with Gasteiger partial charge in [-0.05, 0) is 24.1 Å². The number of para-hydroxylation sites is 1. The summed E-state index contributed by atoms with van der Waals surface area (Å²) in [7, 11) is 0. The second-order valence-corrected chi connectivity index (χ2v) is 5.51. The van der Waals surface area contributed by atoms with Gasteiger partial charge in [0.25, 0.3) is 0 Å². The first-order chi connectivity index (χ1) is 7.93. The molecular weight excluding hydrogens is 208 g/mol. The maximum absolute atomic E-state index is 6.03. The molecule has 0 radical (unpaired) electrons. The average molecular weight is 228 g/mol. The minimum atomic E-state index is 0.0559. The van der Waals surface area contributed by atoms with Gasteiger partial charge in [-0.2, -0.15) is 0 Å². The van der Waals surface area contributed by atoms with Crippen molar-refractivity contribution in [3.05, 3.63) is 35.5 Å². The third-order valence-electron chi connectivity index (χ3n) is 3.11. The number of fused-ring (bicyclic) bond motifs is 1. The zero-order valence-electron chi connectivity index (χ0n) is 11.0. The summed E-state index contributed by atoms with van der Waals surface area (Å²) in [6, 6.07) is 8.22. The minimum Gasteiger partial charge on any atom is -0.397 e. The van der Waals surface area contributed by atoms with Crippen LogP contribution in [-0.4, -0.2) is 4.98 Å². The second-order valence-electron chi connectivity index (χ2n) is 5.51. The SMILES string of the molecule is CCc1cc(C(C)(C)C)nc2c(N)cccc12. The number of nitrogens with two attached hydrogens (primary N) is 1. The van der Waals surface area contributed by atoms with Gasteiger partial charge in [-0.1, -0.05) is 39.8 Å². The Morgan fingerprint density at radius 3 is 2.53 bits per heavy atom. The molecule has 90 valence electrons. The Morgan fingerprint density at radius 2 is 1.94 bits per heavy atom. The van der Waals surface area contributed by atoms with E-state index in [-0.39, 0.29) is 5.41 Å². The maximum Gasteiger partial charge on any atom is 0.0937 e. The summed E-state index contributed by atoms with van der Waals surface area (Å²) < 4.78 is 0. The van der Waals surface area contributed by atoms with E-state index >= 15 is 0 Å². The molecule has 0 fully saturated rings. The molecule has 0 unspecified atom stereocenters. The summed E-state index contributed by atoms with van der Waals surface area (Å²) in [5.74, 6) is 0. The van der Waals surface area contributed by atoms with E-state index in [2.05, 4.69) is 39.8 Å². The highest BCUT2D eigenvalue weighted by Crippen LogP contribution is 2.28. The minimum absolute atomic E-state index is 0.0559. The highest BCUT2D eigenvalue weighted by atomic mass is 14.8. The number of nitrogens with zero attached hydrogens (tertiary/aromatic N) is 1. The number of hydrogen-bond acceptors (Lipinski definition) is 2. The molecule has 2 nitrogen and oxygen atoms in total. The molecule has 0 aliphatic carbocycles. The quantitative estimate of drug-likeness (QED) is 0.756. The molecule has 0 aliphatic heterocycles. The van der Waals surface area contributed by atoms with Crippen molar-refractivity contribution in [2.45, 2.75) is 39.5 Å². The Labute approximate surface area is 103 Å². The number of aromatic nitrogens is 1. The Bertz CT molecular complexity index is 551. The smallest absolute Gasteiger partial charge is 0.0937 e. The molecule has 0 spiro atoms. The molecule has 0 aliphatic rings. The lowest BCUT2D eigenvalue weighted by molar-refractivity contribution is 0.570. The third kappa shape index (κ3) is 2.12. The fourth-order valence-electron chi connectivity index (χ4n) is 2.02. The predicted molar refractivity (Wildman–Crippen MR) is 74.2 cm³/mol. The van der Waals surface area contributed by atoms with Crippen LogP contribution in [0.5, 0.6) is 0 Å². The lowest BCUT2D eigenvalue weighted by Gasteiger charge is -2.20. The van der Waals surface area contributed by atoms with E-state index < -0.39 is 0 Å². The van der Waals surface area contributed by atoms with Gasteiger partial charge >= 0.3 is 0 Å². The first-order valence-corrected chi connectivity index (χ1v) is 6.12. The van der Waals surface area contributed by atoms with Crippen molar-refractivity contribution in [1.29, 1.82) is 0 Å². The van der Waals surface area contributed by atoms with Gasteiger partial charge in [0.2, 0.25) is 0 Å². The molecule has 1 aromatic carbocycles. The molecule has 0 bridgehead atoms. The average Bonchev–Trinajstić information content (AvgIpc) is 2.27. The number of nitrogen functional groups attached to an aromatic ring is 1. The summed E-state index contributed by atoms with van der Waals surface area (Å²) >= 11 is 0. The van der Waals surface area contributed by atoms with Gasteiger partial charge in [0, 0.05) is 16.5 Å². The van der Waals surface area contributed by atoms with Crippen LogP contribution in [0, 0.1) is 0 Å². The topological polar surface area (TPSA) is 38.9 Å². The normalized spacial score (nSPS) is 12.0. The first-order valence-electron chi connectivity index (χ1n) is 6.12.